The van der Waals surface area contributed by atoms with E-state index in [1.54, 1.807) is 4.90 Å². The largest absolute Gasteiger partial charge is 0.447 e. The van der Waals surface area contributed by atoms with Crippen molar-refractivity contribution in [3.63, 3.8) is 0 Å². The summed E-state index contributed by atoms with van der Waals surface area (Å²) in [6, 6.07) is 9.52. The van der Waals surface area contributed by atoms with Gasteiger partial charge in [-0.25, -0.2) is 4.79 Å². The predicted molar refractivity (Wildman–Crippen MR) is 123 cm³/mol. The highest BCUT2D eigenvalue weighted by molar-refractivity contribution is 5.70. The summed E-state index contributed by atoms with van der Waals surface area (Å²) < 4.78 is 5.18. The van der Waals surface area contributed by atoms with Crippen LogP contribution in [0.2, 0.25) is 0 Å². The highest BCUT2D eigenvalue weighted by Gasteiger charge is 2.36. The van der Waals surface area contributed by atoms with Crippen LogP contribution in [0.5, 0.6) is 0 Å². The van der Waals surface area contributed by atoms with Crippen molar-refractivity contribution in [1.82, 2.24) is 4.90 Å². The lowest BCUT2D eigenvalue weighted by Crippen LogP contribution is -2.40. The number of unbranched alkanes of at least 4 members (excludes halogenated alkanes) is 11. The van der Waals surface area contributed by atoms with E-state index in [-0.39, 0.29) is 18.7 Å². The molecule has 30 heavy (non-hydrogen) atoms. The number of aliphatic hydroxyl groups is 1. The zero-order valence-corrected chi connectivity index (χ0v) is 18.8. The average Bonchev–Trinajstić information content (AvgIpc) is 3.12. The third-order valence-corrected chi connectivity index (χ3v) is 5.91. The molecule has 1 aromatic rings. The normalized spacial score (nSPS) is 17.6. The summed E-state index contributed by atoms with van der Waals surface area (Å²) in [6.07, 6.45) is 18.6. The molecule has 2 atom stereocenters. The molecule has 168 valence electrons. The number of allylic oxidation sites excluding steroid dienone is 1. The highest BCUT2D eigenvalue weighted by Crippen LogP contribution is 2.20. The molecule has 0 radical (unpaired) electrons. The molecule has 1 amide bonds. The number of ether oxygens (including phenoxy) is 1. The van der Waals surface area contributed by atoms with Crippen LogP contribution >= 0.6 is 0 Å². The van der Waals surface area contributed by atoms with Crippen LogP contribution in [0.25, 0.3) is 0 Å². The molecule has 0 bridgehead atoms. The molecule has 0 saturated carbocycles. The molecule has 0 aliphatic carbocycles. The Morgan fingerprint density at radius 2 is 1.60 bits per heavy atom. The van der Waals surface area contributed by atoms with Crippen LogP contribution in [-0.4, -0.2) is 34.9 Å². The fraction of sp³-hybridized carbons (Fsp3) is 0.654. The molecule has 1 aliphatic heterocycles. The predicted octanol–water partition coefficient (Wildman–Crippen LogP) is 6.63. The van der Waals surface area contributed by atoms with Crippen molar-refractivity contribution in [2.24, 2.45) is 0 Å². The van der Waals surface area contributed by atoms with Crippen molar-refractivity contribution < 1.29 is 14.6 Å². The number of nitrogens with zero attached hydrogens (tertiary/aromatic N) is 1. The van der Waals surface area contributed by atoms with Crippen LogP contribution in [0.3, 0.4) is 0 Å². The van der Waals surface area contributed by atoms with Crippen molar-refractivity contribution in [2.45, 2.75) is 103 Å². The Morgan fingerprint density at radius 3 is 2.23 bits per heavy atom. The van der Waals surface area contributed by atoms with Gasteiger partial charge in [0.15, 0.2) is 0 Å². The average molecular weight is 416 g/mol. The molecule has 2 rings (SSSR count). The number of amides is 1. The number of hydrogen-bond donors (Lipinski definition) is 1. The quantitative estimate of drug-likeness (QED) is 0.244. The monoisotopic (exact) mass is 415 g/mol. The maximum atomic E-state index is 12.1. The van der Waals surface area contributed by atoms with Gasteiger partial charge in [0.05, 0.1) is 12.1 Å². The van der Waals surface area contributed by atoms with E-state index in [1.807, 2.05) is 36.4 Å². The number of carbonyl (C=O) groups excluding carboxylic acids is 1. The Bertz CT molecular complexity index is 602. The van der Waals surface area contributed by atoms with E-state index in [4.69, 9.17) is 4.74 Å². The molecular weight excluding hydrogens is 374 g/mol. The molecule has 0 spiro atoms. The van der Waals surface area contributed by atoms with Crippen LogP contribution in [0.15, 0.2) is 42.5 Å². The van der Waals surface area contributed by atoms with Gasteiger partial charge < -0.3 is 9.84 Å². The Balaban J connectivity index is 1.55. The number of benzene rings is 1. The lowest BCUT2D eigenvalue weighted by Gasteiger charge is -2.24. The lowest BCUT2D eigenvalue weighted by molar-refractivity contribution is 0.118. The van der Waals surface area contributed by atoms with E-state index in [1.165, 1.54) is 64.2 Å². The highest BCUT2D eigenvalue weighted by atomic mass is 16.6. The molecule has 1 heterocycles. The number of aliphatic hydroxyl groups excluding tert-OH is 1. The van der Waals surface area contributed by atoms with Crippen LogP contribution in [0.1, 0.15) is 89.5 Å². The molecule has 1 N–H and O–H groups in total. The van der Waals surface area contributed by atoms with Crippen LogP contribution in [-0.2, 0) is 11.3 Å². The minimum absolute atomic E-state index is 0.246. The summed E-state index contributed by atoms with van der Waals surface area (Å²) in [6.45, 7) is 2.98. The van der Waals surface area contributed by atoms with Crippen molar-refractivity contribution >= 4 is 6.09 Å². The minimum Gasteiger partial charge on any atom is -0.447 e. The SMILES string of the molecule is CCCCCCCCCCCCC/C=C/[C@@H](O)[C@@H]1COC(=O)N1Cc1ccccc1. The smallest absolute Gasteiger partial charge is 0.410 e. The fourth-order valence-electron chi connectivity index (χ4n) is 4.00. The van der Waals surface area contributed by atoms with Crippen molar-refractivity contribution in [2.75, 3.05) is 6.61 Å². The topological polar surface area (TPSA) is 49.8 Å². The first-order chi connectivity index (χ1) is 14.7. The molecule has 1 aromatic carbocycles. The van der Waals surface area contributed by atoms with Crippen molar-refractivity contribution in [1.29, 1.82) is 0 Å². The summed E-state index contributed by atoms with van der Waals surface area (Å²) in [7, 11) is 0. The van der Waals surface area contributed by atoms with Crippen LogP contribution in [0, 0.1) is 0 Å². The first-order valence-electron chi connectivity index (χ1n) is 12.0. The number of carbonyl (C=O) groups is 1. The summed E-state index contributed by atoms with van der Waals surface area (Å²) in [5.41, 5.74) is 1.04. The Hall–Kier alpha value is -1.81. The second-order valence-corrected chi connectivity index (χ2v) is 8.50. The molecular formula is C26H41NO3. The summed E-state index contributed by atoms with van der Waals surface area (Å²) in [4.78, 5) is 13.7. The van der Waals surface area contributed by atoms with E-state index in [9.17, 15) is 9.90 Å². The third-order valence-electron chi connectivity index (χ3n) is 5.91. The zero-order chi connectivity index (χ0) is 21.4. The number of rotatable bonds is 16. The summed E-state index contributed by atoms with van der Waals surface area (Å²) in [5.74, 6) is 0. The molecule has 4 nitrogen and oxygen atoms in total. The first kappa shape index (κ1) is 24.5. The van der Waals surface area contributed by atoms with E-state index in [0.717, 1.165) is 18.4 Å². The third kappa shape index (κ3) is 9.34. The summed E-state index contributed by atoms with van der Waals surface area (Å²) in [5, 5.41) is 10.5. The van der Waals surface area contributed by atoms with E-state index in [0.29, 0.717) is 6.54 Å². The van der Waals surface area contributed by atoms with Crippen LogP contribution < -0.4 is 0 Å². The van der Waals surface area contributed by atoms with Gasteiger partial charge in [0.25, 0.3) is 0 Å². The van der Waals surface area contributed by atoms with Gasteiger partial charge in [-0.3, -0.25) is 4.90 Å². The van der Waals surface area contributed by atoms with Crippen LogP contribution in [0.4, 0.5) is 4.79 Å². The van der Waals surface area contributed by atoms with Crippen molar-refractivity contribution in [3.05, 3.63) is 48.0 Å². The van der Waals surface area contributed by atoms with Crippen molar-refractivity contribution in [3.8, 4) is 0 Å². The van der Waals surface area contributed by atoms with Gasteiger partial charge in [0.1, 0.15) is 6.61 Å². The van der Waals surface area contributed by atoms with E-state index >= 15 is 0 Å². The lowest BCUT2D eigenvalue weighted by atomic mass is 10.0. The van der Waals surface area contributed by atoms with Gasteiger partial charge in [-0.1, -0.05) is 114 Å². The van der Waals surface area contributed by atoms with Gasteiger partial charge in [0.2, 0.25) is 0 Å². The molecule has 1 saturated heterocycles. The maximum absolute atomic E-state index is 12.1. The van der Waals surface area contributed by atoms with Gasteiger partial charge in [-0.15, -0.1) is 0 Å². The Morgan fingerprint density at radius 1 is 1.00 bits per heavy atom. The second kappa shape index (κ2) is 15.1. The Kier molecular flexibility index (Phi) is 12.3. The van der Waals surface area contributed by atoms with Gasteiger partial charge in [-0.2, -0.15) is 0 Å². The molecule has 1 fully saturated rings. The number of cyclic esters (lactones) is 1. The zero-order valence-electron chi connectivity index (χ0n) is 18.8. The molecule has 1 aliphatic rings. The second-order valence-electron chi connectivity index (χ2n) is 8.50. The fourth-order valence-corrected chi connectivity index (χ4v) is 4.00. The molecule has 0 aromatic heterocycles. The summed E-state index contributed by atoms with van der Waals surface area (Å²) >= 11 is 0. The van der Waals surface area contributed by atoms with E-state index in [2.05, 4.69) is 13.0 Å². The van der Waals surface area contributed by atoms with Gasteiger partial charge >= 0.3 is 6.09 Å². The molecule has 4 heteroatoms. The minimum atomic E-state index is -0.687. The number of hydrogen-bond acceptors (Lipinski definition) is 3. The van der Waals surface area contributed by atoms with Gasteiger partial charge in [0, 0.05) is 6.54 Å². The Labute approximate surface area is 183 Å². The first-order valence-corrected chi connectivity index (χ1v) is 12.0. The molecule has 0 unspecified atom stereocenters. The standard InChI is InChI=1S/C26H41NO3/c1-2-3-4-5-6-7-8-9-10-11-12-13-17-20-25(28)24-22-30-26(29)27(24)21-23-18-15-14-16-19-23/h14-20,24-25,28H,2-13,21-22H2,1H3/b20-17+/t24-,25+/m0/s1. The van der Waals surface area contributed by atoms with E-state index < -0.39 is 6.10 Å². The van der Waals surface area contributed by atoms with Gasteiger partial charge in [-0.05, 0) is 18.4 Å². The maximum Gasteiger partial charge on any atom is 0.410 e.